The number of nitrogens with zero attached hydrogens (tertiary/aromatic N) is 3. The van der Waals surface area contributed by atoms with E-state index >= 15 is 0 Å². The van der Waals surface area contributed by atoms with Crippen LogP contribution in [0.3, 0.4) is 0 Å². The zero-order valence-corrected chi connectivity index (χ0v) is 17.7. The minimum Gasteiger partial charge on any atom is -0.275 e. The Kier molecular flexibility index (Phi) is 4.88. The molecule has 1 aromatic heterocycles. The van der Waals surface area contributed by atoms with E-state index in [-0.39, 0.29) is 22.6 Å². The Balaban J connectivity index is 1.87. The molecular weight excluding hydrogens is 402 g/mol. The van der Waals surface area contributed by atoms with E-state index in [0.717, 1.165) is 5.56 Å². The lowest BCUT2D eigenvalue weighted by atomic mass is 10.0. The molecule has 1 saturated carbocycles. The third-order valence-electron chi connectivity index (χ3n) is 5.61. The quantitative estimate of drug-likeness (QED) is 0.588. The molecule has 0 bridgehead atoms. The number of aromatic nitrogens is 1. The van der Waals surface area contributed by atoms with Gasteiger partial charge >= 0.3 is 0 Å². The Bertz CT molecular complexity index is 1290. The van der Waals surface area contributed by atoms with Crippen LogP contribution in [0.1, 0.15) is 29.0 Å². The van der Waals surface area contributed by atoms with Gasteiger partial charge in [-0.1, -0.05) is 23.8 Å². The highest BCUT2D eigenvalue weighted by Gasteiger charge is 2.47. The second kappa shape index (κ2) is 7.27. The maximum absolute atomic E-state index is 13.4. The summed E-state index contributed by atoms with van der Waals surface area (Å²) in [6.45, 7) is 1.89. The Morgan fingerprint density at radius 3 is 2.57 bits per heavy atom. The second-order valence-corrected chi connectivity index (χ2v) is 9.29. The van der Waals surface area contributed by atoms with Crippen molar-refractivity contribution in [2.45, 2.75) is 24.2 Å². The van der Waals surface area contributed by atoms with E-state index in [2.05, 4.69) is 6.07 Å². The lowest BCUT2D eigenvalue weighted by Gasteiger charge is -2.13. The van der Waals surface area contributed by atoms with Crippen LogP contribution >= 0.6 is 0 Å². The van der Waals surface area contributed by atoms with Crippen LogP contribution in [0.15, 0.2) is 53.6 Å². The summed E-state index contributed by atoms with van der Waals surface area (Å²) in [6.07, 6.45) is 2.14. The van der Waals surface area contributed by atoms with Gasteiger partial charge in [0.25, 0.3) is 10.0 Å². The van der Waals surface area contributed by atoms with Gasteiger partial charge in [-0.15, -0.1) is 0 Å². The van der Waals surface area contributed by atoms with E-state index in [1.165, 1.54) is 16.1 Å². The number of fused-ring (bicyclic) bond motifs is 1. The van der Waals surface area contributed by atoms with Gasteiger partial charge in [0.05, 0.1) is 29.2 Å². The van der Waals surface area contributed by atoms with Gasteiger partial charge in [0.1, 0.15) is 0 Å². The number of aryl methyl sites for hydroxylation is 1. The maximum atomic E-state index is 13.4. The van der Waals surface area contributed by atoms with Crippen molar-refractivity contribution in [1.82, 2.24) is 9.04 Å². The van der Waals surface area contributed by atoms with Crippen molar-refractivity contribution in [3.8, 4) is 6.07 Å². The number of hydrogen-bond acceptors (Lipinski definition) is 5. The van der Waals surface area contributed by atoms with E-state index < -0.39 is 10.0 Å². The molecule has 30 heavy (non-hydrogen) atoms. The number of hydrogen-bond donors (Lipinski definition) is 0. The molecule has 0 unspecified atom stereocenters. The van der Waals surface area contributed by atoms with Crippen LogP contribution in [-0.2, 0) is 19.7 Å². The van der Waals surface area contributed by atoms with Crippen LogP contribution in [0.2, 0.25) is 0 Å². The van der Waals surface area contributed by atoms with Gasteiger partial charge in [-0.25, -0.2) is 17.5 Å². The number of carbonyl (C=O) groups excluding carboxylic acids is 1. The molecule has 0 radical (unpaired) electrons. The van der Waals surface area contributed by atoms with Crippen molar-refractivity contribution in [2.75, 3.05) is 14.2 Å². The number of nitriles is 1. The van der Waals surface area contributed by atoms with Gasteiger partial charge in [0.15, 0.2) is 0 Å². The number of hydroxylamine groups is 2. The van der Waals surface area contributed by atoms with E-state index in [0.29, 0.717) is 28.5 Å². The molecule has 2 aromatic carbocycles. The summed E-state index contributed by atoms with van der Waals surface area (Å²) in [5, 5.41) is 11.4. The van der Waals surface area contributed by atoms with E-state index in [1.807, 2.05) is 6.92 Å². The highest BCUT2D eigenvalue weighted by atomic mass is 32.2. The van der Waals surface area contributed by atoms with Crippen molar-refractivity contribution in [2.24, 2.45) is 5.92 Å². The summed E-state index contributed by atoms with van der Waals surface area (Å²) >= 11 is 0. The van der Waals surface area contributed by atoms with Gasteiger partial charge in [-0.2, -0.15) is 5.26 Å². The standard InChI is InChI=1S/C22H21N3O4S/c1-14-7-9-16(10-8-14)30(27,28)25-13-19(17-11-18(17)22(26)24(2)29-3)21-15(12-23)5-4-6-20(21)25/h4-10,13,17-18H,11H2,1-3H3/t17-,18-/m0/s1. The molecule has 0 saturated heterocycles. The van der Waals surface area contributed by atoms with Crippen LogP contribution in [0.5, 0.6) is 0 Å². The molecule has 2 atom stereocenters. The monoisotopic (exact) mass is 423 g/mol. The lowest BCUT2D eigenvalue weighted by molar-refractivity contribution is -0.170. The Morgan fingerprint density at radius 2 is 1.93 bits per heavy atom. The zero-order valence-electron chi connectivity index (χ0n) is 16.9. The average Bonchev–Trinajstić information content (AvgIpc) is 3.44. The van der Waals surface area contributed by atoms with Crippen molar-refractivity contribution in [3.05, 3.63) is 65.4 Å². The predicted molar refractivity (Wildman–Crippen MR) is 111 cm³/mol. The van der Waals surface area contributed by atoms with Crippen LogP contribution in [-0.4, -0.2) is 37.5 Å². The Labute approximate surface area is 175 Å². The molecule has 1 amide bonds. The molecule has 1 aliphatic rings. The minimum atomic E-state index is -3.86. The van der Waals surface area contributed by atoms with E-state index in [4.69, 9.17) is 4.84 Å². The number of benzene rings is 2. The van der Waals surface area contributed by atoms with Crippen LogP contribution in [0.4, 0.5) is 0 Å². The molecule has 7 nitrogen and oxygen atoms in total. The van der Waals surface area contributed by atoms with Crippen LogP contribution in [0, 0.1) is 24.2 Å². The molecular formula is C22H21N3O4S. The van der Waals surface area contributed by atoms with Gasteiger partial charge in [-0.05, 0) is 49.1 Å². The molecule has 8 heteroatoms. The molecule has 1 aliphatic carbocycles. The van der Waals surface area contributed by atoms with Gasteiger partial charge in [0.2, 0.25) is 5.91 Å². The number of rotatable bonds is 5. The van der Waals surface area contributed by atoms with Crippen molar-refractivity contribution >= 4 is 26.8 Å². The van der Waals surface area contributed by atoms with Gasteiger partial charge < -0.3 is 0 Å². The minimum absolute atomic E-state index is 0.165. The highest BCUT2D eigenvalue weighted by Crippen LogP contribution is 2.51. The molecule has 0 spiro atoms. The molecule has 1 fully saturated rings. The summed E-state index contributed by atoms with van der Waals surface area (Å²) < 4.78 is 28.0. The summed E-state index contributed by atoms with van der Waals surface area (Å²) in [7, 11) is -0.899. The third kappa shape index (κ3) is 3.16. The van der Waals surface area contributed by atoms with Crippen LogP contribution in [0.25, 0.3) is 10.9 Å². The fraction of sp³-hybridized carbons (Fsp3) is 0.273. The molecule has 3 aromatic rings. The number of amides is 1. The Morgan fingerprint density at radius 1 is 1.23 bits per heavy atom. The fourth-order valence-corrected chi connectivity index (χ4v) is 5.19. The summed E-state index contributed by atoms with van der Waals surface area (Å²) in [5.41, 5.74) is 2.47. The summed E-state index contributed by atoms with van der Waals surface area (Å²) in [5.74, 6) is -0.636. The molecule has 0 N–H and O–H groups in total. The first-order valence-corrected chi connectivity index (χ1v) is 10.9. The van der Waals surface area contributed by atoms with Crippen molar-refractivity contribution in [1.29, 1.82) is 5.26 Å². The fourth-order valence-electron chi connectivity index (χ4n) is 3.82. The molecule has 0 aliphatic heterocycles. The van der Waals surface area contributed by atoms with Crippen LogP contribution < -0.4 is 0 Å². The molecule has 154 valence electrons. The summed E-state index contributed by atoms with van der Waals surface area (Å²) in [6, 6.07) is 13.8. The van der Waals surface area contributed by atoms with E-state index in [9.17, 15) is 18.5 Å². The average molecular weight is 423 g/mol. The topological polar surface area (TPSA) is 92.4 Å². The Hall–Kier alpha value is -3.15. The third-order valence-corrected chi connectivity index (χ3v) is 7.30. The first-order chi connectivity index (χ1) is 14.3. The van der Waals surface area contributed by atoms with Crippen molar-refractivity contribution in [3.63, 3.8) is 0 Å². The maximum Gasteiger partial charge on any atom is 0.268 e. The van der Waals surface area contributed by atoms with Gasteiger partial charge in [0, 0.05) is 24.5 Å². The SMILES string of the molecule is CON(C)C(=O)[C@H]1C[C@@H]1c1cn(S(=O)(=O)c2ccc(C)cc2)c2cccc(C#N)c12. The molecule has 1 heterocycles. The first-order valence-electron chi connectivity index (χ1n) is 9.47. The lowest BCUT2D eigenvalue weighted by Crippen LogP contribution is -2.27. The second-order valence-electron chi connectivity index (χ2n) is 7.48. The largest absolute Gasteiger partial charge is 0.275 e. The number of carbonyl (C=O) groups is 1. The predicted octanol–water partition coefficient (Wildman–Crippen LogP) is 3.18. The van der Waals surface area contributed by atoms with Crippen molar-refractivity contribution < 1.29 is 18.0 Å². The first kappa shape index (κ1) is 20.1. The summed E-state index contributed by atoms with van der Waals surface area (Å²) in [4.78, 5) is 17.6. The normalized spacial score (nSPS) is 18.2. The zero-order chi connectivity index (χ0) is 21.6. The smallest absolute Gasteiger partial charge is 0.268 e. The highest BCUT2D eigenvalue weighted by molar-refractivity contribution is 7.90. The van der Waals surface area contributed by atoms with E-state index in [1.54, 1.807) is 55.7 Å². The molecule has 4 rings (SSSR count). The van der Waals surface area contributed by atoms with Gasteiger partial charge in [-0.3, -0.25) is 9.63 Å².